The van der Waals surface area contributed by atoms with E-state index in [0.29, 0.717) is 0 Å². The molecule has 0 atom stereocenters. The summed E-state index contributed by atoms with van der Waals surface area (Å²) in [7, 11) is 0. The van der Waals surface area contributed by atoms with E-state index in [1.54, 1.807) is 0 Å². The molecule has 2 amide bonds. The Morgan fingerprint density at radius 1 is 1.53 bits per heavy atom. The minimum atomic E-state index is -0.649. The van der Waals surface area contributed by atoms with E-state index in [4.69, 9.17) is 5.73 Å². The predicted octanol–water partition coefficient (Wildman–Crippen LogP) is 1.06. The third kappa shape index (κ3) is 2.30. The van der Waals surface area contributed by atoms with Crippen molar-refractivity contribution in [1.29, 1.82) is 0 Å². The number of amides is 2. The molecule has 0 unspecified atom stereocenters. The van der Waals surface area contributed by atoms with E-state index in [-0.39, 0.29) is 5.41 Å². The molecule has 1 aromatic heterocycles. The average molecular weight is 235 g/mol. The molecule has 1 aliphatic rings. The third-order valence-electron chi connectivity index (χ3n) is 2.90. The number of urea groups is 1. The Labute approximate surface area is 99.7 Å². The predicted molar refractivity (Wildman–Crippen MR) is 64.7 cm³/mol. The summed E-state index contributed by atoms with van der Waals surface area (Å²) in [6.45, 7) is 6.25. The molecule has 17 heavy (non-hydrogen) atoms. The molecule has 4 N–H and O–H groups in total. The quantitative estimate of drug-likeness (QED) is 0.634. The van der Waals surface area contributed by atoms with E-state index in [1.807, 2.05) is 6.92 Å². The second kappa shape index (κ2) is 3.87. The van der Waals surface area contributed by atoms with Crippen LogP contribution in [0.5, 0.6) is 0 Å². The molecule has 6 nitrogen and oxygen atoms in total. The van der Waals surface area contributed by atoms with Gasteiger partial charge in [-0.15, -0.1) is 0 Å². The largest absolute Gasteiger partial charge is 0.350 e. The van der Waals surface area contributed by atoms with Crippen LogP contribution in [0.25, 0.3) is 0 Å². The van der Waals surface area contributed by atoms with Crippen molar-refractivity contribution in [3.05, 3.63) is 17.0 Å². The summed E-state index contributed by atoms with van der Waals surface area (Å²) in [5, 5.41) is 11.3. The van der Waals surface area contributed by atoms with Crippen LogP contribution in [-0.2, 0) is 6.42 Å². The fraction of sp³-hybridized carbons (Fsp3) is 0.545. The minimum Gasteiger partial charge on any atom is -0.350 e. The van der Waals surface area contributed by atoms with Crippen molar-refractivity contribution in [2.75, 3.05) is 0 Å². The number of rotatable bonds is 1. The average Bonchev–Trinajstić information content (AvgIpc) is 2.54. The molecule has 6 heteroatoms. The van der Waals surface area contributed by atoms with Gasteiger partial charge in [0, 0.05) is 11.3 Å². The summed E-state index contributed by atoms with van der Waals surface area (Å²) in [5.41, 5.74) is 11.2. The number of carbonyl (C=O) groups is 1. The van der Waals surface area contributed by atoms with E-state index in [9.17, 15) is 4.79 Å². The molecule has 0 fully saturated rings. The Bertz CT molecular complexity index is 486. The number of fused-ring (bicyclic) bond motifs is 1. The first kappa shape index (κ1) is 11.6. The topological polar surface area (TPSA) is 96.2 Å². The fourth-order valence-electron chi connectivity index (χ4n) is 2.27. The summed E-state index contributed by atoms with van der Waals surface area (Å²) in [6, 6.07) is -0.649. The first-order valence-electron chi connectivity index (χ1n) is 5.55. The van der Waals surface area contributed by atoms with Crippen LogP contribution < -0.4 is 11.2 Å². The van der Waals surface area contributed by atoms with Gasteiger partial charge in [-0.05, 0) is 25.2 Å². The summed E-state index contributed by atoms with van der Waals surface area (Å²) in [5.74, 6) is 0. The van der Waals surface area contributed by atoms with Crippen molar-refractivity contribution in [3.63, 3.8) is 0 Å². The maximum Gasteiger partial charge on any atom is 0.332 e. The van der Waals surface area contributed by atoms with Gasteiger partial charge < -0.3 is 5.73 Å². The number of nitrogens with one attached hydrogen (secondary N) is 2. The van der Waals surface area contributed by atoms with Gasteiger partial charge in [0.15, 0.2) is 0 Å². The second-order valence-electron chi connectivity index (χ2n) is 5.22. The van der Waals surface area contributed by atoms with Crippen molar-refractivity contribution in [1.82, 2.24) is 15.6 Å². The number of nitrogens with zero attached hydrogens (tertiary/aromatic N) is 2. The Morgan fingerprint density at radius 2 is 2.24 bits per heavy atom. The number of aryl methyl sites for hydroxylation is 1. The zero-order valence-corrected chi connectivity index (χ0v) is 10.3. The number of aromatic amines is 1. The first-order valence-corrected chi connectivity index (χ1v) is 5.55. The molecular formula is C11H17N5O. The van der Waals surface area contributed by atoms with Gasteiger partial charge in [-0.3, -0.25) is 5.10 Å². The van der Waals surface area contributed by atoms with Crippen LogP contribution >= 0.6 is 0 Å². The molecule has 0 saturated carbocycles. The Balaban J connectivity index is 2.41. The summed E-state index contributed by atoms with van der Waals surface area (Å²) in [6.07, 6.45) is 1.70. The zero-order valence-electron chi connectivity index (χ0n) is 10.3. The number of primary amides is 1. The third-order valence-corrected chi connectivity index (χ3v) is 2.90. The highest BCUT2D eigenvalue weighted by atomic mass is 16.2. The number of hydrogen-bond donors (Lipinski definition) is 3. The summed E-state index contributed by atoms with van der Waals surface area (Å²) in [4.78, 5) is 10.7. The summed E-state index contributed by atoms with van der Waals surface area (Å²) >= 11 is 0. The van der Waals surface area contributed by atoms with Crippen molar-refractivity contribution < 1.29 is 4.79 Å². The minimum absolute atomic E-state index is 0.0901. The van der Waals surface area contributed by atoms with Gasteiger partial charge in [0.25, 0.3) is 0 Å². The van der Waals surface area contributed by atoms with Crippen molar-refractivity contribution in [3.8, 4) is 0 Å². The van der Waals surface area contributed by atoms with E-state index in [2.05, 4.69) is 34.6 Å². The number of H-pyrrole nitrogens is 1. The Kier molecular flexibility index (Phi) is 2.65. The van der Waals surface area contributed by atoms with Crippen LogP contribution in [0.1, 0.15) is 37.2 Å². The highest BCUT2D eigenvalue weighted by molar-refractivity contribution is 6.04. The molecule has 0 radical (unpaired) electrons. The normalized spacial score (nSPS) is 20.1. The number of hydrogen-bond acceptors (Lipinski definition) is 3. The molecule has 0 aromatic carbocycles. The van der Waals surface area contributed by atoms with Gasteiger partial charge >= 0.3 is 6.03 Å². The molecule has 1 heterocycles. The lowest BCUT2D eigenvalue weighted by Crippen LogP contribution is -2.31. The molecular weight excluding hydrogens is 218 g/mol. The van der Waals surface area contributed by atoms with Gasteiger partial charge in [0.1, 0.15) is 0 Å². The van der Waals surface area contributed by atoms with Gasteiger partial charge in [-0.1, -0.05) is 13.8 Å². The molecule has 0 spiro atoms. The smallest absolute Gasteiger partial charge is 0.332 e. The lowest BCUT2D eigenvalue weighted by Gasteiger charge is -2.29. The first-order chi connectivity index (χ1) is 7.89. The lowest BCUT2D eigenvalue weighted by molar-refractivity contribution is 0.249. The molecule has 0 aliphatic heterocycles. The number of aromatic nitrogens is 2. The maximum absolute atomic E-state index is 10.7. The van der Waals surface area contributed by atoms with E-state index in [0.717, 1.165) is 35.5 Å². The van der Waals surface area contributed by atoms with Crippen LogP contribution in [0.15, 0.2) is 5.10 Å². The zero-order chi connectivity index (χ0) is 12.6. The van der Waals surface area contributed by atoms with Crippen LogP contribution in [0.4, 0.5) is 4.79 Å². The number of nitrogens with two attached hydrogens (primary N) is 1. The van der Waals surface area contributed by atoms with Crippen molar-refractivity contribution >= 4 is 11.7 Å². The fourth-order valence-corrected chi connectivity index (χ4v) is 2.27. The van der Waals surface area contributed by atoms with Crippen LogP contribution in [0, 0.1) is 12.3 Å². The molecule has 0 bridgehead atoms. The van der Waals surface area contributed by atoms with Crippen molar-refractivity contribution in [2.45, 2.75) is 33.6 Å². The lowest BCUT2D eigenvalue weighted by atomic mass is 9.75. The maximum atomic E-state index is 10.7. The number of carbonyl (C=O) groups excluding carboxylic acids is 1. The summed E-state index contributed by atoms with van der Waals surface area (Å²) < 4.78 is 0. The Hall–Kier alpha value is -1.85. The van der Waals surface area contributed by atoms with E-state index >= 15 is 0 Å². The van der Waals surface area contributed by atoms with Gasteiger partial charge in [0.2, 0.25) is 0 Å². The molecule has 92 valence electrons. The number of hydrazone groups is 1. The van der Waals surface area contributed by atoms with Gasteiger partial charge in [-0.25, -0.2) is 10.2 Å². The van der Waals surface area contributed by atoms with Gasteiger partial charge in [0.05, 0.1) is 11.4 Å². The van der Waals surface area contributed by atoms with Gasteiger partial charge in [-0.2, -0.15) is 10.2 Å². The molecule has 2 rings (SSSR count). The van der Waals surface area contributed by atoms with Crippen LogP contribution in [0.2, 0.25) is 0 Å². The Morgan fingerprint density at radius 3 is 2.88 bits per heavy atom. The van der Waals surface area contributed by atoms with E-state index < -0.39 is 6.03 Å². The highest BCUT2D eigenvalue weighted by Crippen LogP contribution is 2.35. The highest BCUT2D eigenvalue weighted by Gasteiger charge is 2.32. The van der Waals surface area contributed by atoms with Crippen molar-refractivity contribution in [2.24, 2.45) is 16.3 Å². The van der Waals surface area contributed by atoms with Crippen LogP contribution in [-0.4, -0.2) is 21.9 Å². The monoisotopic (exact) mass is 235 g/mol. The SMILES string of the molecule is Cc1[nH]nc2c1C(=NNC(N)=O)CC(C)(C)C2. The molecule has 1 aromatic rings. The molecule has 0 saturated heterocycles. The van der Waals surface area contributed by atoms with Crippen LogP contribution in [0.3, 0.4) is 0 Å². The molecule has 1 aliphatic carbocycles. The standard InChI is InChI=1S/C11H17N5O/c1-6-9-7(14-13-6)4-11(2,3)5-8(9)15-16-10(12)17/h4-5H2,1-3H3,(H,13,14)(H3,12,16,17). The second-order valence-corrected chi connectivity index (χ2v) is 5.22. The van der Waals surface area contributed by atoms with E-state index in [1.165, 1.54) is 0 Å².